The van der Waals surface area contributed by atoms with Crippen LogP contribution < -0.4 is 5.32 Å². The van der Waals surface area contributed by atoms with Crippen LogP contribution in [0.25, 0.3) is 16.6 Å². The topological polar surface area (TPSA) is 58.5 Å². The number of pyridine rings is 1. The fraction of sp³-hybridized carbons (Fsp3) is 0.111. The number of nitrogens with zero attached hydrogens (tertiary/aromatic N) is 3. The first-order valence-corrected chi connectivity index (χ1v) is 11.3. The molecule has 0 atom stereocenters. The van der Waals surface area contributed by atoms with Gasteiger partial charge in [0.05, 0.1) is 11.6 Å². The standard InChI is InChI=1S/C27H23ClFN5/c1-18(31-15-22-13-24-25(28)16-32-27(24)14-26(22)29)21-7-9-30-23(12-21)11-19-3-5-20(6-4-19)17-34-10-2-8-33-34/h2-10,12-14,16,31-32H,1,11,15,17H2. The molecule has 2 aromatic carbocycles. The van der Waals surface area contributed by atoms with Gasteiger partial charge >= 0.3 is 0 Å². The Kier molecular flexibility index (Phi) is 6.14. The minimum absolute atomic E-state index is 0.294. The molecule has 0 amide bonds. The first-order chi connectivity index (χ1) is 16.5. The number of halogens is 2. The zero-order valence-corrected chi connectivity index (χ0v) is 19.2. The van der Waals surface area contributed by atoms with Crippen molar-refractivity contribution in [2.45, 2.75) is 19.5 Å². The summed E-state index contributed by atoms with van der Waals surface area (Å²) in [6.45, 7) is 5.18. The van der Waals surface area contributed by atoms with E-state index < -0.39 is 0 Å². The molecule has 0 aliphatic carbocycles. The van der Waals surface area contributed by atoms with Crippen LogP contribution in [0.3, 0.4) is 0 Å². The fourth-order valence-corrected chi connectivity index (χ4v) is 4.12. The third-order valence-corrected chi connectivity index (χ3v) is 6.08. The molecule has 170 valence electrons. The van der Waals surface area contributed by atoms with Crippen LogP contribution in [0.2, 0.25) is 5.02 Å². The van der Waals surface area contributed by atoms with Crippen molar-refractivity contribution in [2.24, 2.45) is 0 Å². The molecule has 0 saturated heterocycles. The van der Waals surface area contributed by atoms with Gasteiger partial charge < -0.3 is 10.3 Å². The fourth-order valence-electron chi connectivity index (χ4n) is 3.91. The molecule has 0 unspecified atom stereocenters. The number of aromatic nitrogens is 4. The molecule has 7 heteroatoms. The van der Waals surface area contributed by atoms with E-state index in [1.54, 1.807) is 24.7 Å². The lowest BCUT2D eigenvalue weighted by Crippen LogP contribution is -2.12. The molecule has 0 bridgehead atoms. The smallest absolute Gasteiger partial charge is 0.130 e. The van der Waals surface area contributed by atoms with Crippen LogP contribution in [0.5, 0.6) is 0 Å². The van der Waals surface area contributed by atoms with Gasteiger partial charge in [-0.3, -0.25) is 9.67 Å². The molecule has 0 aliphatic heterocycles. The predicted octanol–water partition coefficient (Wildman–Crippen LogP) is 5.95. The second-order valence-corrected chi connectivity index (χ2v) is 8.60. The van der Waals surface area contributed by atoms with Gasteiger partial charge in [-0.25, -0.2) is 4.39 Å². The number of fused-ring (bicyclic) bond motifs is 1. The third kappa shape index (κ3) is 4.87. The molecule has 0 spiro atoms. The molecule has 3 heterocycles. The number of H-pyrrole nitrogens is 1. The number of rotatable bonds is 8. The summed E-state index contributed by atoms with van der Waals surface area (Å²) >= 11 is 6.18. The van der Waals surface area contributed by atoms with Crippen LogP contribution in [0.1, 0.15) is 27.9 Å². The Balaban J connectivity index is 1.23. The van der Waals surface area contributed by atoms with Crippen LogP contribution in [-0.4, -0.2) is 19.7 Å². The number of benzene rings is 2. The van der Waals surface area contributed by atoms with Crippen molar-refractivity contribution in [1.82, 2.24) is 25.1 Å². The van der Waals surface area contributed by atoms with Crippen LogP contribution in [-0.2, 0) is 19.5 Å². The van der Waals surface area contributed by atoms with Crippen LogP contribution in [0.4, 0.5) is 4.39 Å². The summed E-state index contributed by atoms with van der Waals surface area (Å²) in [4.78, 5) is 7.47. The molecule has 0 fully saturated rings. The van der Waals surface area contributed by atoms with Gasteiger partial charge in [0, 0.05) is 71.2 Å². The van der Waals surface area contributed by atoms with Crippen molar-refractivity contribution >= 4 is 28.2 Å². The minimum atomic E-state index is -0.294. The first-order valence-electron chi connectivity index (χ1n) is 10.9. The molecular formula is C27H23ClFN5. The van der Waals surface area contributed by atoms with Gasteiger partial charge in [0.15, 0.2) is 0 Å². The monoisotopic (exact) mass is 471 g/mol. The van der Waals surface area contributed by atoms with Crippen molar-refractivity contribution in [3.8, 4) is 0 Å². The summed E-state index contributed by atoms with van der Waals surface area (Å²) in [6, 6.07) is 17.5. The van der Waals surface area contributed by atoms with Gasteiger partial charge in [0.25, 0.3) is 0 Å². The Morgan fingerprint density at radius 3 is 2.71 bits per heavy atom. The minimum Gasteiger partial charge on any atom is -0.381 e. The lowest BCUT2D eigenvalue weighted by Gasteiger charge is -2.12. The zero-order chi connectivity index (χ0) is 23.5. The second-order valence-electron chi connectivity index (χ2n) is 8.19. The van der Waals surface area contributed by atoms with Gasteiger partial charge in [0.2, 0.25) is 0 Å². The lowest BCUT2D eigenvalue weighted by molar-refractivity contribution is 0.607. The highest BCUT2D eigenvalue weighted by Crippen LogP contribution is 2.26. The Bertz CT molecular complexity index is 1440. The molecule has 2 N–H and O–H groups in total. The molecule has 5 aromatic rings. The summed E-state index contributed by atoms with van der Waals surface area (Å²) in [5.74, 6) is -0.294. The summed E-state index contributed by atoms with van der Waals surface area (Å²) in [6.07, 6.45) is 7.87. The van der Waals surface area contributed by atoms with Crippen molar-refractivity contribution in [3.05, 3.63) is 125 Å². The van der Waals surface area contributed by atoms with Crippen LogP contribution in [0.15, 0.2) is 86.0 Å². The SMILES string of the molecule is C=C(NCc1cc2c(Cl)c[nH]c2cc1F)c1ccnc(Cc2ccc(Cn3cccn3)cc2)c1. The molecular weight excluding hydrogens is 449 g/mol. The van der Waals surface area contributed by atoms with E-state index in [4.69, 9.17) is 11.6 Å². The van der Waals surface area contributed by atoms with E-state index in [9.17, 15) is 4.39 Å². The quantitative estimate of drug-likeness (QED) is 0.294. The van der Waals surface area contributed by atoms with E-state index in [2.05, 4.69) is 51.2 Å². The average molecular weight is 472 g/mol. The highest BCUT2D eigenvalue weighted by molar-refractivity contribution is 6.35. The summed E-state index contributed by atoms with van der Waals surface area (Å²) in [5.41, 5.74) is 6.13. The maximum atomic E-state index is 14.5. The highest BCUT2D eigenvalue weighted by Gasteiger charge is 2.10. The predicted molar refractivity (Wildman–Crippen MR) is 134 cm³/mol. The summed E-state index contributed by atoms with van der Waals surface area (Å²) in [7, 11) is 0. The maximum absolute atomic E-state index is 14.5. The zero-order valence-electron chi connectivity index (χ0n) is 18.4. The van der Waals surface area contributed by atoms with Crippen molar-refractivity contribution in [2.75, 3.05) is 0 Å². The third-order valence-electron chi connectivity index (χ3n) is 5.77. The Morgan fingerprint density at radius 2 is 1.91 bits per heavy atom. The maximum Gasteiger partial charge on any atom is 0.130 e. The lowest BCUT2D eigenvalue weighted by atomic mass is 10.0. The van der Waals surface area contributed by atoms with E-state index in [1.807, 2.05) is 29.1 Å². The van der Waals surface area contributed by atoms with Crippen molar-refractivity contribution < 1.29 is 4.39 Å². The molecule has 5 rings (SSSR count). The molecule has 5 nitrogen and oxygen atoms in total. The Labute approximate surface area is 201 Å². The van der Waals surface area contributed by atoms with Crippen LogP contribution in [0, 0.1) is 5.82 Å². The van der Waals surface area contributed by atoms with E-state index in [1.165, 1.54) is 17.2 Å². The molecule has 3 aromatic heterocycles. The van der Waals surface area contributed by atoms with Crippen LogP contribution >= 0.6 is 11.6 Å². The van der Waals surface area contributed by atoms with E-state index >= 15 is 0 Å². The largest absolute Gasteiger partial charge is 0.381 e. The molecule has 34 heavy (non-hydrogen) atoms. The summed E-state index contributed by atoms with van der Waals surface area (Å²) in [5, 5.41) is 8.85. The van der Waals surface area contributed by atoms with E-state index in [0.717, 1.165) is 23.2 Å². The Morgan fingerprint density at radius 1 is 1.09 bits per heavy atom. The summed E-state index contributed by atoms with van der Waals surface area (Å²) < 4.78 is 16.4. The average Bonchev–Trinajstić information content (AvgIpc) is 3.48. The normalized spacial score (nSPS) is 11.1. The van der Waals surface area contributed by atoms with Crippen molar-refractivity contribution in [3.63, 3.8) is 0 Å². The molecule has 0 radical (unpaired) electrons. The van der Waals surface area contributed by atoms with E-state index in [0.29, 0.717) is 34.8 Å². The van der Waals surface area contributed by atoms with Gasteiger partial charge in [-0.15, -0.1) is 0 Å². The number of hydrogen-bond donors (Lipinski definition) is 2. The molecule has 0 aliphatic rings. The Hall–Kier alpha value is -3.90. The number of hydrogen-bond acceptors (Lipinski definition) is 3. The van der Waals surface area contributed by atoms with Gasteiger partial charge in [-0.2, -0.15) is 5.10 Å². The number of aromatic amines is 1. The van der Waals surface area contributed by atoms with Gasteiger partial charge in [-0.05, 0) is 41.5 Å². The molecule has 0 saturated carbocycles. The van der Waals surface area contributed by atoms with E-state index in [-0.39, 0.29) is 5.82 Å². The van der Waals surface area contributed by atoms with Crippen molar-refractivity contribution in [1.29, 1.82) is 0 Å². The van der Waals surface area contributed by atoms with Gasteiger partial charge in [0.1, 0.15) is 5.82 Å². The highest BCUT2D eigenvalue weighted by atomic mass is 35.5. The first kappa shape index (κ1) is 21.9. The second kappa shape index (κ2) is 9.53. The number of nitrogens with one attached hydrogen (secondary N) is 2. The van der Waals surface area contributed by atoms with Gasteiger partial charge in [-0.1, -0.05) is 42.4 Å².